The molecule has 0 saturated carbocycles. The first-order valence-electron chi connectivity index (χ1n) is 5.37. The lowest BCUT2D eigenvalue weighted by Crippen LogP contribution is -2.41. The van der Waals surface area contributed by atoms with Gasteiger partial charge in [0.1, 0.15) is 0 Å². The Kier molecular flexibility index (Phi) is 5.35. The van der Waals surface area contributed by atoms with Crippen LogP contribution < -0.4 is 5.32 Å². The lowest BCUT2D eigenvalue weighted by Gasteiger charge is -2.27. The van der Waals surface area contributed by atoms with Gasteiger partial charge in [0.2, 0.25) is 0 Å². The predicted octanol–water partition coefficient (Wildman–Crippen LogP) is 0.707. The molecule has 13 heavy (non-hydrogen) atoms. The summed E-state index contributed by atoms with van der Waals surface area (Å²) in [6, 6.07) is 0.640. The largest absolute Gasteiger partial charge is 0.380 e. The number of hydrogen-bond acceptors (Lipinski definition) is 3. The Bertz CT molecular complexity index is 122. The molecule has 0 aromatic rings. The molecule has 1 aliphatic rings. The molecule has 1 aliphatic heterocycles. The quantitative estimate of drug-likeness (QED) is 0.699. The second kappa shape index (κ2) is 6.35. The van der Waals surface area contributed by atoms with E-state index in [0.717, 1.165) is 32.8 Å². The van der Waals surface area contributed by atoms with Crippen LogP contribution in [0.15, 0.2) is 0 Å². The Morgan fingerprint density at radius 1 is 1.38 bits per heavy atom. The van der Waals surface area contributed by atoms with E-state index in [1.165, 1.54) is 13.0 Å². The summed E-state index contributed by atoms with van der Waals surface area (Å²) in [5, 5.41) is 3.38. The lowest BCUT2D eigenvalue weighted by molar-refractivity contribution is 0.133. The van der Waals surface area contributed by atoms with Gasteiger partial charge in [0.25, 0.3) is 0 Å². The smallest absolute Gasteiger partial charge is 0.0593 e. The zero-order valence-corrected chi connectivity index (χ0v) is 8.88. The van der Waals surface area contributed by atoms with Crippen LogP contribution in [-0.2, 0) is 4.74 Å². The average Bonchev–Trinajstić information content (AvgIpc) is 2.42. The highest BCUT2D eigenvalue weighted by Gasteiger charge is 2.14. The fourth-order valence-corrected chi connectivity index (χ4v) is 1.69. The van der Waals surface area contributed by atoms with Crippen LogP contribution in [0.5, 0.6) is 0 Å². The number of likely N-dealkylation sites (N-methyl/N-ethyl adjacent to an activating group) is 1. The first-order chi connectivity index (χ1) is 6.34. The molecule has 0 radical (unpaired) electrons. The fraction of sp³-hybridized carbons (Fsp3) is 1.00. The lowest BCUT2D eigenvalue weighted by atomic mass is 10.2. The molecule has 3 nitrogen and oxygen atoms in total. The summed E-state index contributed by atoms with van der Waals surface area (Å²) in [7, 11) is 0. The minimum atomic E-state index is 0.640. The molecule has 0 amide bonds. The monoisotopic (exact) mass is 186 g/mol. The van der Waals surface area contributed by atoms with Crippen molar-refractivity contribution in [2.45, 2.75) is 26.3 Å². The van der Waals surface area contributed by atoms with E-state index in [0.29, 0.717) is 6.04 Å². The van der Waals surface area contributed by atoms with Crippen molar-refractivity contribution < 1.29 is 4.74 Å². The average molecular weight is 186 g/mol. The number of nitrogens with zero attached hydrogens (tertiary/aromatic N) is 1. The molecule has 0 aromatic carbocycles. The van der Waals surface area contributed by atoms with Gasteiger partial charge in [0, 0.05) is 32.3 Å². The summed E-state index contributed by atoms with van der Waals surface area (Å²) < 4.78 is 5.42. The van der Waals surface area contributed by atoms with Crippen LogP contribution in [-0.4, -0.2) is 50.3 Å². The van der Waals surface area contributed by atoms with E-state index >= 15 is 0 Å². The van der Waals surface area contributed by atoms with E-state index in [-0.39, 0.29) is 0 Å². The van der Waals surface area contributed by atoms with Crippen LogP contribution in [0.3, 0.4) is 0 Å². The number of rotatable bonds is 4. The Labute approximate surface area is 81.4 Å². The van der Waals surface area contributed by atoms with Crippen LogP contribution in [0, 0.1) is 0 Å². The molecule has 0 aliphatic carbocycles. The second-order valence-corrected chi connectivity index (χ2v) is 3.66. The van der Waals surface area contributed by atoms with Crippen molar-refractivity contribution in [2.75, 3.05) is 39.4 Å². The van der Waals surface area contributed by atoms with E-state index in [9.17, 15) is 0 Å². The first-order valence-corrected chi connectivity index (χ1v) is 5.37. The van der Waals surface area contributed by atoms with Gasteiger partial charge >= 0.3 is 0 Å². The first kappa shape index (κ1) is 11.0. The van der Waals surface area contributed by atoms with Crippen molar-refractivity contribution in [3.05, 3.63) is 0 Å². The number of nitrogens with one attached hydrogen (secondary N) is 1. The molecule has 0 spiro atoms. The molecule has 0 bridgehead atoms. The van der Waals surface area contributed by atoms with Gasteiger partial charge in [-0.05, 0) is 19.9 Å². The SMILES string of the molecule is CCNCC(C)N1CCCOCC1. The topological polar surface area (TPSA) is 24.5 Å². The Morgan fingerprint density at radius 2 is 2.23 bits per heavy atom. The predicted molar refractivity (Wildman–Crippen MR) is 55.0 cm³/mol. The third-order valence-electron chi connectivity index (χ3n) is 2.57. The fourth-order valence-electron chi connectivity index (χ4n) is 1.69. The van der Waals surface area contributed by atoms with E-state index < -0.39 is 0 Å². The molecule has 1 unspecified atom stereocenters. The molecule has 1 heterocycles. The van der Waals surface area contributed by atoms with Gasteiger partial charge in [0.15, 0.2) is 0 Å². The van der Waals surface area contributed by atoms with Crippen molar-refractivity contribution in [3.63, 3.8) is 0 Å². The van der Waals surface area contributed by atoms with Crippen molar-refractivity contribution in [2.24, 2.45) is 0 Å². The zero-order valence-electron chi connectivity index (χ0n) is 8.88. The Morgan fingerprint density at radius 3 is 3.00 bits per heavy atom. The highest BCUT2D eigenvalue weighted by atomic mass is 16.5. The van der Waals surface area contributed by atoms with E-state index in [4.69, 9.17) is 4.74 Å². The molecule has 1 saturated heterocycles. The van der Waals surface area contributed by atoms with Gasteiger partial charge in [-0.1, -0.05) is 6.92 Å². The standard InChI is InChI=1S/C10H22N2O/c1-3-11-9-10(2)12-5-4-7-13-8-6-12/h10-11H,3-9H2,1-2H3. The summed E-state index contributed by atoms with van der Waals surface area (Å²) in [6.07, 6.45) is 1.18. The van der Waals surface area contributed by atoms with E-state index in [2.05, 4.69) is 24.1 Å². The normalized spacial score (nSPS) is 22.6. The molecule has 1 N–H and O–H groups in total. The molecule has 1 fully saturated rings. The van der Waals surface area contributed by atoms with Crippen LogP contribution in [0.1, 0.15) is 20.3 Å². The van der Waals surface area contributed by atoms with Gasteiger partial charge in [-0.3, -0.25) is 4.90 Å². The molecular weight excluding hydrogens is 164 g/mol. The summed E-state index contributed by atoms with van der Waals surface area (Å²) in [6.45, 7) is 10.7. The highest BCUT2D eigenvalue weighted by molar-refractivity contribution is 4.70. The van der Waals surface area contributed by atoms with Crippen LogP contribution in [0.25, 0.3) is 0 Å². The maximum atomic E-state index is 5.42. The molecule has 1 rings (SSSR count). The van der Waals surface area contributed by atoms with E-state index in [1.54, 1.807) is 0 Å². The summed E-state index contributed by atoms with van der Waals surface area (Å²) in [4.78, 5) is 2.51. The number of hydrogen-bond donors (Lipinski definition) is 1. The Balaban J connectivity index is 2.22. The van der Waals surface area contributed by atoms with Gasteiger partial charge < -0.3 is 10.1 Å². The molecular formula is C10H22N2O. The molecule has 1 atom stereocenters. The summed E-state index contributed by atoms with van der Waals surface area (Å²) in [5.41, 5.74) is 0. The number of ether oxygens (including phenoxy) is 1. The van der Waals surface area contributed by atoms with Crippen molar-refractivity contribution >= 4 is 0 Å². The molecule has 3 heteroatoms. The van der Waals surface area contributed by atoms with E-state index in [1.807, 2.05) is 0 Å². The van der Waals surface area contributed by atoms with Gasteiger partial charge in [0.05, 0.1) is 6.61 Å². The third-order valence-corrected chi connectivity index (χ3v) is 2.57. The van der Waals surface area contributed by atoms with Gasteiger partial charge in [-0.2, -0.15) is 0 Å². The minimum Gasteiger partial charge on any atom is -0.380 e. The molecule has 78 valence electrons. The van der Waals surface area contributed by atoms with Crippen molar-refractivity contribution in [1.29, 1.82) is 0 Å². The van der Waals surface area contributed by atoms with Gasteiger partial charge in [-0.25, -0.2) is 0 Å². The van der Waals surface area contributed by atoms with Crippen molar-refractivity contribution in [1.82, 2.24) is 10.2 Å². The minimum absolute atomic E-state index is 0.640. The zero-order chi connectivity index (χ0) is 9.52. The summed E-state index contributed by atoms with van der Waals surface area (Å²) in [5.74, 6) is 0. The van der Waals surface area contributed by atoms with Crippen LogP contribution >= 0.6 is 0 Å². The van der Waals surface area contributed by atoms with Crippen LogP contribution in [0.2, 0.25) is 0 Å². The molecule has 0 aromatic heterocycles. The van der Waals surface area contributed by atoms with Gasteiger partial charge in [-0.15, -0.1) is 0 Å². The highest BCUT2D eigenvalue weighted by Crippen LogP contribution is 2.03. The summed E-state index contributed by atoms with van der Waals surface area (Å²) >= 11 is 0. The third kappa shape index (κ3) is 4.07. The Hall–Kier alpha value is -0.120. The maximum absolute atomic E-state index is 5.42. The maximum Gasteiger partial charge on any atom is 0.0593 e. The second-order valence-electron chi connectivity index (χ2n) is 3.66. The van der Waals surface area contributed by atoms with Crippen LogP contribution in [0.4, 0.5) is 0 Å². The van der Waals surface area contributed by atoms with Crippen molar-refractivity contribution in [3.8, 4) is 0 Å².